The third kappa shape index (κ3) is 5.99. The Morgan fingerprint density at radius 1 is 0.960 bits per heavy atom. The van der Waals surface area contributed by atoms with E-state index < -0.39 is 0 Å². The average molecular weight is 380 g/mol. The summed E-state index contributed by atoms with van der Waals surface area (Å²) in [7, 11) is 0. The van der Waals surface area contributed by atoms with E-state index in [1.807, 2.05) is 41.6 Å². The Hall–Kier alpha value is -1.62. The first-order valence-electron chi connectivity index (χ1n) is 8.34. The van der Waals surface area contributed by atoms with Crippen molar-refractivity contribution < 1.29 is 4.79 Å². The number of amides is 1. The fourth-order valence-corrected chi connectivity index (χ4v) is 3.07. The number of carbonyl (C=O) groups is 1. The summed E-state index contributed by atoms with van der Waals surface area (Å²) >= 11 is 5.88. The van der Waals surface area contributed by atoms with Gasteiger partial charge in [-0.15, -0.1) is 12.4 Å². The summed E-state index contributed by atoms with van der Waals surface area (Å²) in [6.45, 7) is 4.53. The highest BCUT2D eigenvalue weighted by Gasteiger charge is 2.20. The Labute approximate surface area is 160 Å². The molecule has 1 aromatic carbocycles. The number of hydrogen-bond donors (Lipinski definition) is 0. The lowest BCUT2D eigenvalue weighted by molar-refractivity contribution is -0.132. The molecule has 0 saturated carbocycles. The van der Waals surface area contributed by atoms with Gasteiger partial charge in [0.2, 0.25) is 5.91 Å². The third-order valence-electron chi connectivity index (χ3n) is 4.46. The van der Waals surface area contributed by atoms with E-state index in [1.165, 1.54) is 5.56 Å². The van der Waals surface area contributed by atoms with E-state index in [9.17, 15) is 4.79 Å². The van der Waals surface area contributed by atoms with E-state index in [2.05, 4.69) is 22.0 Å². The van der Waals surface area contributed by atoms with Crippen LogP contribution in [0.1, 0.15) is 11.1 Å². The zero-order valence-electron chi connectivity index (χ0n) is 14.1. The van der Waals surface area contributed by atoms with Crippen LogP contribution in [0.4, 0.5) is 0 Å². The molecule has 1 fully saturated rings. The molecule has 1 saturated heterocycles. The lowest BCUT2D eigenvalue weighted by Crippen LogP contribution is -2.49. The highest BCUT2D eigenvalue weighted by molar-refractivity contribution is 6.30. The molecule has 1 amide bonds. The maximum Gasteiger partial charge on any atom is 0.227 e. The van der Waals surface area contributed by atoms with E-state index in [4.69, 9.17) is 11.6 Å². The van der Waals surface area contributed by atoms with E-state index in [1.54, 1.807) is 0 Å². The normalized spacial score (nSPS) is 14.8. The number of rotatable bonds is 5. The van der Waals surface area contributed by atoms with Crippen LogP contribution in [0.5, 0.6) is 0 Å². The van der Waals surface area contributed by atoms with Crippen LogP contribution in [0.2, 0.25) is 5.02 Å². The number of hydrogen-bond acceptors (Lipinski definition) is 3. The first-order valence-corrected chi connectivity index (χ1v) is 8.72. The lowest BCUT2D eigenvalue weighted by Gasteiger charge is -2.34. The standard InChI is InChI=1S/C19H22ClN3O.ClH/c20-18-3-1-17(2-4-18)15-19(24)23-13-11-22(12-14-23)10-7-16-5-8-21-9-6-16;/h1-6,8-9H,7,10-15H2;1H. The van der Waals surface area contributed by atoms with Crippen LogP contribution in [-0.2, 0) is 17.6 Å². The molecule has 3 rings (SSSR count). The fraction of sp³-hybridized carbons (Fsp3) is 0.368. The van der Waals surface area contributed by atoms with Crippen molar-refractivity contribution in [3.8, 4) is 0 Å². The molecule has 0 unspecified atom stereocenters. The topological polar surface area (TPSA) is 36.4 Å². The molecule has 1 aliphatic rings. The molecule has 0 N–H and O–H groups in total. The number of carbonyl (C=O) groups excluding carboxylic acids is 1. The van der Waals surface area contributed by atoms with E-state index in [-0.39, 0.29) is 18.3 Å². The van der Waals surface area contributed by atoms with Gasteiger partial charge < -0.3 is 4.90 Å². The van der Waals surface area contributed by atoms with E-state index in [0.29, 0.717) is 11.4 Å². The van der Waals surface area contributed by atoms with Crippen LogP contribution in [0, 0.1) is 0 Å². The highest BCUT2D eigenvalue weighted by atomic mass is 35.5. The molecular weight excluding hydrogens is 357 g/mol. The van der Waals surface area contributed by atoms with Crippen molar-refractivity contribution in [2.24, 2.45) is 0 Å². The summed E-state index contributed by atoms with van der Waals surface area (Å²) in [5.41, 5.74) is 2.33. The maximum atomic E-state index is 12.4. The molecule has 0 spiro atoms. The lowest BCUT2D eigenvalue weighted by atomic mass is 10.1. The van der Waals surface area contributed by atoms with E-state index in [0.717, 1.165) is 44.7 Å². The maximum absolute atomic E-state index is 12.4. The van der Waals surface area contributed by atoms with Crippen molar-refractivity contribution >= 4 is 29.9 Å². The third-order valence-corrected chi connectivity index (χ3v) is 4.71. The van der Waals surface area contributed by atoms with Gasteiger partial charge in [-0.3, -0.25) is 14.7 Å². The SMILES string of the molecule is Cl.O=C(Cc1ccc(Cl)cc1)N1CCN(CCc2ccncc2)CC1. The second-order valence-electron chi connectivity index (χ2n) is 6.13. The fourth-order valence-electron chi connectivity index (χ4n) is 2.95. The van der Waals surface area contributed by atoms with Crippen LogP contribution in [0.25, 0.3) is 0 Å². The van der Waals surface area contributed by atoms with Crippen molar-refractivity contribution in [2.75, 3.05) is 32.7 Å². The molecule has 2 aromatic rings. The summed E-state index contributed by atoms with van der Waals surface area (Å²) in [5.74, 6) is 0.200. The Morgan fingerprint density at radius 3 is 2.24 bits per heavy atom. The van der Waals surface area contributed by atoms with Gasteiger partial charge in [0, 0.05) is 50.1 Å². The van der Waals surface area contributed by atoms with Gasteiger partial charge in [0.1, 0.15) is 0 Å². The van der Waals surface area contributed by atoms with Crippen molar-refractivity contribution in [2.45, 2.75) is 12.8 Å². The second kappa shape index (κ2) is 9.76. The molecule has 25 heavy (non-hydrogen) atoms. The molecule has 4 nitrogen and oxygen atoms in total. The average Bonchev–Trinajstić information content (AvgIpc) is 2.63. The number of pyridine rings is 1. The second-order valence-corrected chi connectivity index (χ2v) is 6.57. The Morgan fingerprint density at radius 2 is 1.60 bits per heavy atom. The van der Waals surface area contributed by atoms with Crippen LogP contribution in [-0.4, -0.2) is 53.4 Å². The Bertz CT molecular complexity index is 656. The number of benzene rings is 1. The molecule has 0 atom stereocenters. The summed E-state index contributed by atoms with van der Waals surface area (Å²) in [5, 5.41) is 0.703. The zero-order chi connectivity index (χ0) is 16.8. The predicted octanol–water partition coefficient (Wildman–Crippen LogP) is 3.09. The van der Waals surface area contributed by atoms with Gasteiger partial charge in [-0.1, -0.05) is 23.7 Å². The van der Waals surface area contributed by atoms with Crippen LogP contribution < -0.4 is 0 Å². The first-order chi connectivity index (χ1) is 11.7. The Kier molecular flexibility index (Phi) is 7.69. The zero-order valence-corrected chi connectivity index (χ0v) is 15.7. The van der Waals surface area contributed by atoms with Gasteiger partial charge in [0.05, 0.1) is 6.42 Å². The van der Waals surface area contributed by atoms with Crippen LogP contribution >= 0.6 is 24.0 Å². The molecule has 1 aliphatic heterocycles. The number of halogens is 2. The van der Waals surface area contributed by atoms with Crippen LogP contribution in [0.3, 0.4) is 0 Å². The number of nitrogens with zero attached hydrogens (tertiary/aromatic N) is 3. The largest absolute Gasteiger partial charge is 0.340 e. The van der Waals surface area contributed by atoms with Crippen molar-refractivity contribution in [1.82, 2.24) is 14.8 Å². The first kappa shape index (κ1) is 19.7. The van der Waals surface area contributed by atoms with Crippen molar-refractivity contribution in [1.29, 1.82) is 0 Å². The number of piperazine rings is 1. The quantitative estimate of drug-likeness (QED) is 0.800. The predicted molar refractivity (Wildman–Crippen MR) is 103 cm³/mol. The van der Waals surface area contributed by atoms with Gasteiger partial charge in [0.25, 0.3) is 0 Å². The van der Waals surface area contributed by atoms with Gasteiger partial charge in [-0.25, -0.2) is 0 Å². The van der Waals surface area contributed by atoms with Gasteiger partial charge in [-0.2, -0.15) is 0 Å². The van der Waals surface area contributed by atoms with Crippen LogP contribution in [0.15, 0.2) is 48.8 Å². The van der Waals surface area contributed by atoms with E-state index >= 15 is 0 Å². The van der Waals surface area contributed by atoms with Gasteiger partial charge >= 0.3 is 0 Å². The monoisotopic (exact) mass is 379 g/mol. The molecule has 6 heteroatoms. The highest BCUT2D eigenvalue weighted by Crippen LogP contribution is 2.12. The summed E-state index contributed by atoms with van der Waals surface area (Å²) in [6, 6.07) is 11.6. The summed E-state index contributed by atoms with van der Waals surface area (Å²) in [6.07, 6.45) is 5.15. The number of aromatic nitrogens is 1. The van der Waals surface area contributed by atoms with Crippen molar-refractivity contribution in [3.05, 3.63) is 64.9 Å². The molecule has 134 valence electrons. The minimum atomic E-state index is 0. The van der Waals surface area contributed by atoms with Gasteiger partial charge in [0.15, 0.2) is 0 Å². The molecule has 1 aromatic heterocycles. The summed E-state index contributed by atoms with van der Waals surface area (Å²) < 4.78 is 0. The van der Waals surface area contributed by atoms with Gasteiger partial charge in [-0.05, 0) is 41.8 Å². The summed E-state index contributed by atoms with van der Waals surface area (Å²) in [4.78, 5) is 20.8. The van der Waals surface area contributed by atoms with Crippen molar-refractivity contribution in [3.63, 3.8) is 0 Å². The molecule has 0 bridgehead atoms. The molecular formula is C19H23Cl2N3O. The minimum Gasteiger partial charge on any atom is -0.340 e. The Balaban J connectivity index is 0.00000225. The molecule has 0 aliphatic carbocycles. The smallest absolute Gasteiger partial charge is 0.227 e. The molecule has 2 heterocycles. The minimum absolute atomic E-state index is 0. The molecule has 0 radical (unpaired) electrons.